The zero-order valence-corrected chi connectivity index (χ0v) is 11.3. The number of carbonyl (C=O) groups excluding carboxylic acids is 1. The first-order chi connectivity index (χ1) is 8.52. The number of rotatable bonds is 4. The normalized spacial score (nSPS) is 19.9. The van der Waals surface area contributed by atoms with Gasteiger partial charge in [-0.05, 0) is 6.42 Å². The van der Waals surface area contributed by atoms with Crippen molar-refractivity contribution in [3.05, 3.63) is 6.07 Å². The summed E-state index contributed by atoms with van der Waals surface area (Å²) in [5, 5.41) is 7.57. The Kier molecular flexibility index (Phi) is 3.56. The smallest absolute Gasteiger partial charge is 0.245 e. The molecule has 100 valence electrons. The third-order valence-corrected chi connectivity index (χ3v) is 3.05. The summed E-state index contributed by atoms with van der Waals surface area (Å²) in [5.41, 5.74) is 0. The quantitative estimate of drug-likeness (QED) is 0.849. The van der Waals surface area contributed by atoms with Crippen molar-refractivity contribution >= 4 is 11.7 Å². The third kappa shape index (κ3) is 2.33. The highest BCUT2D eigenvalue weighted by Gasteiger charge is 2.34. The van der Waals surface area contributed by atoms with E-state index in [0.29, 0.717) is 24.3 Å². The predicted octanol–water partition coefficient (Wildman–Crippen LogP) is 0.532. The lowest BCUT2D eigenvalue weighted by Crippen LogP contribution is -2.41. The molecule has 0 aromatic carbocycles. The van der Waals surface area contributed by atoms with Gasteiger partial charge >= 0.3 is 0 Å². The van der Waals surface area contributed by atoms with Crippen LogP contribution in [-0.4, -0.2) is 41.4 Å². The van der Waals surface area contributed by atoms with Gasteiger partial charge in [-0.2, -0.15) is 5.10 Å². The molecule has 1 fully saturated rings. The molecular weight excluding hydrogens is 232 g/mol. The second-order valence-corrected chi connectivity index (χ2v) is 4.82. The number of aromatic nitrogens is 2. The zero-order chi connectivity index (χ0) is 13.3. The van der Waals surface area contributed by atoms with Gasteiger partial charge in [-0.15, -0.1) is 0 Å². The van der Waals surface area contributed by atoms with Crippen molar-refractivity contribution in [3.63, 3.8) is 0 Å². The maximum absolute atomic E-state index is 12.2. The van der Waals surface area contributed by atoms with Crippen LogP contribution in [0.15, 0.2) is 6.07 Å². The van der Waals surface area contributed by atoms with E-state index in [1.54, 1.807) is 29.8 Å². The lowest BCUT2D eigenvalue weighted by molar-refractivity contribution is -0.119. The van der Waals surface area contributed by atoms with Gasteiger partial charge in [0, 0.05) is 25.7 Å². The molecule has 1 aromatic heterocycles. The highest BCUT2D eigenvalue weighted by atomic mass is 16.5. The Morgan fingerprint density at radius 3 is 2.83 bits per heavy atom. The van der Waals surface area contributed by atoms with E-state index in [4.69, 9.17) is 4.74 Å². The van der Waals surface area contributed by atoms with Crippen LogP contribution < -0.4 is 15.0 Å². The number of amides is 1. The Morgan fingerprint density at radius 2 is 2.28 bits per heavy atom. The van der Waals surface area contributed by atoms with Crippen molar-refractivity contribution in [1.29, 1.82) is 0 Å². The fourth-order valence-electron chi connectivity index (χ4n) is 2.22. The Morgan fingerprint density at radius 1 is 1.56 bits per heavy atom. The van der Waals surface area contributed by atoms with Gasteiger partial charge in [0.05, 0.1) is 13.2 Å². The van der Waals surface area contributed by atoms with Crippen LogP contribution >= 0.6 is 0 Å². The number of hydrogen-bond donors (Lipinski definition) is 1. The molecule has 2 rings (SSSR count). The minimum atomic E-state index is -0.0991. The molecule has 0 bridgehead atoms. The van der Waals surface area contributed by atoms with Gasteiger partial charge in [0.2, 0.25) is 11.8 Å². The molecule has 6 nitrogen and oxygen atoms in total. The molecule has 1 atom stereocenters. The number of hydrogen-bond acceptors (Lipinski definition) is 4. The van der Waals surface area contributed by atoms with Gasteiger partial charge in [0.1, 0.15) is 0 Å². The van der Waals surface area contributed by atoms with Gasteiger partial charge in [-0.1, -0.05) is 13.8 Å². The monoisotopic (exact) mass is 252 g/mol. The first kappa shape index (κ1) is 12.9. The standard InChI is InChI=1S/C12H20N4O2/c1-8(2)13-9-5-6-16(12(9)17)10-7-11(18-4)15(3)14-10/h7-9,13H,5-6H2,1-4H3. The number of ether oxygens (including phenoxy) is 1. The molecule has 18 heavy (non-hydrogen) atoms. The summed E-state index contributed by atoms with van der Waals surface area (Å²) in [4.78, 5) is 13.9. The molecule has 1 amide bonds. The minimum Gasteiger partial charge on any atom is -0.481 e. The fourth-order valence-corrected chi connectivity index (χ4v) is 2.22. The van der Waals surface area contributed by atoms with Crippen molar-refractivity contribution in [2.45, 2.75) is 32.4 Å². The van der Waals surface area contributed by atoms with Crippen LogP contribution in [0.2, 0.25) is 0 Å². The molecule has 1 aliphatic rings. The SMILES string of the molecule is COc1cc(N2CCC(NC(C)C)C2=O)nn1C. The van der Waals surface area contributed by atoms with E-state index in [9.17, 15) is 4.79 Å². The van der Waals surface area contributed by atoms with Gasteiger partial charge in [0.25, 0.3) is 0 Å². The highest BCUT2D eigenvalue weighted by Crippen LogP contribution is 2.24. The van der Waals surface area contributed by atoms with Crippen LogP contribution in [0.25, 0.3) is 0 Å². The molecule has 0 spiro atoms. The molecule has 1 aromatic rings. The molecule has 0 aliphatic carbocycles. The van der Waals surface area contributed by atoms with Gasteiger partial charge < -0.3 is 10.1 Å². The molecule has 0 saturated carbocycles. The van der Waals surface area contributed by atoms with Crippen molar-refractivity contribution in [1.82, 2.24) is 15.1 Å². The first-order valence-electron chi connectivity index (χ1n) is 6.18. The van der Waals surface area contributed by atoms with Crippen LogP contribution in [-0.2, 0) is 11.8 Å². The van der Waals surface area contributed by atoms with Crippen molar-refractivity contribution < 1.29 is 9.53 Å². The summed E-state index contributed by atoms with van der Waals surface area (Å²) >= 11 is 0. The Hall–Kier alpha value is -1.56. The lowest BCUT2D eigenvalue weighted by atomic mass is 10.2. The molecule has 1 saturated heterocycles. The number of carbonyl (C=O) groups is 1. The van der Waals surface area contributed by atoms with E-state index in [1.807, 2.05) is 13.8 Å². The topological polar surface area (TPSA) is 59.4 Å². The molecule has 6 heteroatoms. The van der Waals surface area contributed by atoms with Gasteiger partial charge in [-0.3, -0.25) is 9.69 Å². The van der Waals surface area contributed by atoms with E-state index in [0.717, 1.165) is 6.42 Å². The number of nitrogens with one attached hydrogen (secondary N) is 1. The number of anilines is 1. The largest absolute Gasteiger partial charge is 0.481 e. The zero-order valence-electron chi connectivity index (χ0n) is 11.3. The second-order valence-electron chi connectivity index (χ2n) is 4.82. The van der Waals surface area contributed by atoms with Crippen molar-refractivity contribution in [2.75, 3.05) is 18.6 Å². The summed E-state index contributed by atoms with van der Waals surface area (Å²) in [6, 6.07) is 1.99. The highest BCUT2D eigenvalue weighted by molar-refractivity contribution is 5.98. The summed E-state index contributed by atoms with van der Waals surface area (Å²) in [6.45, 7) is 4.78. The maximum Gasteiger partial charge on any atom is 0.245 e. The van der Waals surface area contributed by atoms with E-state index < -0.39 is 0 Å². The summed E-state index contributed by atoms with van der Waals surface area (Å²) in [5.74, 6) is 1.40. The summed E-state index contributed by atoms with van der Waals surface area (Å²) < 4.78 is 6.79. The van der Waals surface area contributed by atoms with Crippen molar-refractivity contribution in [3.8, 4) is 5.88 Å². The predicted molar refractivity (Wildman–Crippen MR) is 68.8 cm³/mol. The molecule has 0 radical (unpaired) electrons. The lowest BCUT2D eigenvalue weighted by Gasteiger charge is -2.16. The molecule has 1 N–H and O–H groups in total. The number of nitrogens with zero attached hydrogens (tertiary/aromatic N) is 3. The van der Waals surface area contributed by atoms with E-state index in [1.165, 1.54) is 0 Å². The van der Waals surface area contributed by atoms with Crippen LogP contribution in [0.1, 0.15) is 20.3 Å². The number of aryl methyl sites for hydroxylation is 1. The molecule has 2 heterocycles. The Labute approximate surface area is 107 Å². The van der Waals surface area contributed by atoms with Crippen LogP contribution in [0.5, 0.6) is 5.88 Å². The van der Waals surface area contributed by atoms with E-state index in [2.05, 4.69) is 10.4 Å². The average Bonchev–Trinajstić information content (AvgIpc) is 2.83. The Bertz CT molecular complexity index is 441. The molecular formula is C12H20N4O2. The van der Waals surface area contributed by atoms with Crippen LogP contribution in [0.4, 0.5) is 5.82 Å². The number of methoxy groups -OCH3 is 1. The fraction of sp³-hybridized carbons (Fsp3) is 0.667. The second kappa shape index (κ2) is 4.97. The molecule has 1 aliphatic heterocycles. The van der Waals surface area contributed by atoms with E-state index >= 15 is 0 Å². The molecule has 1 unspecified atom stereocenters. The van der Waals surface area contributed by atoms with E-state index in [-0.39, 0.29) is 11.9 Å². The van der Waals surface area contributed by atoms with Gasteiger partial charge in [-0.25, -0.2) is 4.68 Å². The minimum absolute atomic E-state index is 0.0875. The third-order valence-electron chi connectivity index (χ3n) is 3.05. The average molecular weight is 252 g/mol. The summed E-state index contributed by atoms with van der Waals surface area (Å²) in [7, 11) is 3.39. The Balaban J connectivity index is 2.12. The summed E-state index contributed by atoms with van der Waals surface area (Å²) in [6.07, 6.45) is 0.815. The maximum atomic E-state index is 12.2. The van der Waals surface area contributed by atoms with Crippen LogP contribution in [0.3, 0.4) is 0 Å². The van der Waals surface area contributed by atoms with Crippen LogP contribution in [0, 0.1) is 0 Å². The van der Waals surface area contributed by atoms with Crippen molar-refractivity contribution in [2.24, 2.45) is 7.05 Å². The first-order valence-corrected chi connectivity index (χ1v) is 6.18. The van der Waals surface area contributed by atoms with Gasteiger partial charge in [0.15, 0.2) is 5.82 Å².